The monoisotopic (exact) mass is 1140 g/mol. The van der Waals surface area contributed by atoms with Crippen molar-refractivity contribution in [2.24, 2.45) is 0 Å². The number of ether oxygens (including phenoxy) is 4. The fourth-order valence-electron chi connectivity index (χ4n) is 6.58. The molecule has 0 aromatic carbocycles. The Morgan fingerprint density at radius 3 is 1.39 bits per heavy atom. The normalized spacial score (nSPS) is 13.7. The zero-order chi connectivity index (χ0) is 50.0. The second-order valence-corrected chi connectivity index (χ2v) is 18.3. The Morgan fingerprint density at radius 2 is 0.797 bits per heavy atom. The van der Waals surface area contributed by atoms with Gasteiger partial charge in [0.15, 0.2) is 0 Å². The zero-order valence-corrected chi connectivity index (χ0v) is 43.7. The number of pyridine rings is 6. The van der Waals surface area contributed by atoms with Gasteiger partial charge in [-0.3, -0.25) is 0 Å². The maximum Gasteiger partial charge on any atom is 0.136 e. The Bertz CT molecular complexity index is 2630. The van der Waals surface area contributed by atoms with Gasteiger partial charge >= 0.3 is 0 Å². The molecule has 24 heteroatoms. The molecule has 4 aliphatic heterocycles. The van der Waals surface area contributed by atoms with Crippen molar-refractivity contribution in [1.82, 2.24) is 29.9 Å². The molecular weight excluding hydrogens is 1110 g/mol. The lowest BCUT2D eigenvalue weighted by molar-refractivity contribution is 0.110. The number of rotatable bonds is 5. The summed E-state index contributed by atoms with van der Waals surface area (Å²) in [6, 6.07) is 10.5. The van der Waals surface area contributed by atoms with E-state index in [1.165, 1.54) is 22.8 Å². The summed E-state index contributed by atoms with van der Waals surface area (Å²) in [5.74, 6) is 0. The molecule has 6 aromatic rings. The summed E-state index contributed by atoms with van der Waals surface area (Å²) in [5.41, 5.74) is 11.1. The molecule has 6 aromatic heterocycles. The van der Waals surface area contributed by atoms with E-state index in [0.717, 1.165) is 59.4 Å². The van der Waals surface area contributed by atoms with E-state index in [4.69, 9.17) is 155 Å². The summed E-state index contributed by atoms with van der Waals surface area (Å²) in [4.78, 5) is 23.2. The molecule has 4 aliphatic rings. The quantitative estimate of drug-likeness (QED) is 0.119. The van der Waals surface area contributed by atoms with Gasteiger partial charge in [-0.2, -0.15) is 0 Å². The van der Waals surface area contributed by atoms with Gasteiger partial charge in [-0.05, 0) is 94.6 Å². The third-order valence-corrected chi connectivity index (χ3v) is 12.5. The lowest BCUT2D eigenvalue weighted by Gasteiger charge is -2.16. The Hall–Kier alpha value is -2.52. The van der Waals surface area contributed by atoms with Crippen molar-refractivity contribution in [1.29, 1.82) is 0 Å². The Labute approximate surface area is 447 Å². The minimum absolute atomic E-state index is 0.0102. The molecule has 0 spiro atoms. The molecule has 0 fully saturated rings. The van der Waals surface area contributed by atoms with Crippen LogP contribution in [0.1, 0.15) is 66.8 Å². The predicted molar refractivity (Wildman–Crippen MR) is 268 cm³/mol. The van der Waals surface area contributed by atoms with Crippen LogP contribution in [0.15, 0.2) is 48.8 Å². The van der Waals surface area contributed by atoms with Crippen LogP contribution in [0.3, 0.4) is 0 Å². The molecule has 0 saturated carbocycles. The first-order valence-corrected chi connectivity index (χ1v) is 24.3. The predicted octanol–water partition coefficient (Wildman–Crippen LogP) is 11.2. The van der Waals surface area contributed by atoms with Crippen molar-refractivity contribution in [3.8, 4) is 0 Å². The zero-order valence-electron chi connectivity index (χ0n) is 36.1. The van der Waals surface area contributed by atoms with Crippen LogP contribution >= 0.6 is 116 Å². The summed E-state index contributed by atoms with van der Waals surface area (Å²) in [6.45, 7) is 4.61. The fourth-order valence-corrected chi connectivity index (χ4v) is 9.05. The SMILES string of the molecule is Clc1cc2c(c(Cl)n1)COC2.Clc1cc2c(c(Cl)n1)COCC2.Clc1cc2c(cn1)COC2.Clc1cc2c(cn1)COCC2.OCCc1cc(Cl)nc(Cl)c1CO.OCc1cc(Cl)nc(Cl)c1CO. The van der Waals surface area contributed by atoms with Crippen molar-refractivity contribution in [3.63, 3.8) is 0 Å². The third-order valence-electron chi connectivity index (χ3n) is 10.1. The first kappa shape index (κ1) is 57.4. The molecule has 0 aliphatic carbocycles. The molecule has 0 amide bonds. The van der Waals surface area contributed by atoms with Crippen molar-refractivity contribution >= 4 is 116 Å². The number of hydrogen-bond donors (Lipinski definition) is 4. The van der Waals surface area contributed by atoms with Crippen LogP contribution in [0, 0.1) is 0 Å². The molecule has 0 atom stereocenters. The number of nitrogens with zero attached hydrogens (tertiary/aromatic N) is 6. The van der Waals surface area contributed by atoms with Crippen LogP contribution in [0.2, 0.25) is 51.5 Å². The number of aliphatic hydroxyl groups is 4. The average Bonchev–Trinajstić information content (AvgIpc) is 4.00. The maximum absolute atomic E-state index is 8.97. The summed E-state index contributed by atoms with van der Waals surface area (Å²) in [7, 11) is 0. The van der Waals surface area contributed by atoms with Crippen LogP contribution in [-0.2, 0) is 97.7 Å². The van der Waals surface area contributed by atoms with E-state index in [2.05, 4.69) is 29.9 Å². The standard InChI is InChI=1S/C8H9Cl2NO2.C8H7Cl2NO.C8H8ClNO.C7H7Cl2NO2.C7H5Cl2NO.C7H6ClNO/c9-7-3-5(1-2-12)6(4-13)8(10)11-7;9-7-3-5-1-2-12-4-6(5)8(10)11-7;9-8-3-6-1-2-11-5-7(6)4-10-8;8-6-1-4(2-11)5(3-12)7(9)10-6;8-6-1-4-2-11-3-5(4)7(9)10-6;8-7-1-5-3-10-4-6(5)2-9-7/h3,12-13H,1-2,4H2;3H,1-2,4H2;3-4H,1-2,5H2;1,11-12H,2-3H2;1H,2-3H2;1-2H,3-4H2. The molecular formula is C45H42Cl10N6O8. The van der Waals surface area contributed by atoms with E-state index in [-0.39, 0.29) is 47.0 Å². The Kier molecular flexibility index (Phi) is 24.3. The van der Waals surface area contributed by atoms with E-state index in [1.54, 1.807) is 24.5 Å². The number of fused-ring (bicyclic) bond motifs is 4. The first-order valence-electron chi connectivity index (χ1n) is 20.5. The van der Waals surface area contributed by atoms with Crippen molar-refractivity contribution in [3.05, 3.63) is 167 Å². The average molecular weight is 1150 g/mol. The largest absolute Gasteiger partial charge is 0.396 e. The summed E-state index contributed by atoms with van der Waals surface area (Å²) < 4.78 is 20.8. The Balaban J connectivity index is 0.000000155. The van der Waals surface area contributed by atoms with Gasteiger partial charge in [0, 0.05) is 46.8 Å². The number of hydrogen-bond acceptors (Lipinski definition) is 14. The lowest BCUT2D eigenvalue weighted by atomic mass is 10.1. The van der Waals surface area contributed by atoms with Gasteiger partial charge in [-0.25, -0.2) is 29.9 Å². The van der Waals surface area contributed by atoms with Gasteiger partial charge in [0.05, 0.1) is 72.7 Å². The van der Waals surface area contributed by atoms with Crippen molar-refractivity contribution in [2.75, 3.05) is 19.8 Å². The van der Waals surface area contributed by atoms with Crippen molar-refractivity contribution < 1.29 is 39.4 Å². The summed E-state index contributed by atoms with van der Waals surface area (Å²) in [5, 5.41) is 39.1. The van der Waals surface area contributed by atoms with E-state index >= 15 is 0 Å². The summed E-state index contributed by atoms with van der Waals surface area (Å²) >= 11 is 57.1. The van der Waals surface area contributed by atoms with Crippen molar-refractivity contribution in [2.45, 2.75) is 78.7 Å². The number of aliphatic hydroxyl groups excluding tert-OH is 4. The van der Waals surface area contributed by atoms with Gasteiger partial charge in [0.25, 0.3) is 0 Å². The molecule has 10 rings (SSSR count). The number of aromatic nitrogens is 6. The van der Waals surface area contributed by atoms with Gasteiger partial charge in [-0.1, -0.05) is 116 Å². The first-order chi connectivity index (χ1) is 33.1. The van der Waals surface area contributed by atoms with Crippen LogP contribution in [-0.4, -0.2) is 70.2 Å². The van der Waals surface area contributed by atoms with Crippen LogP contribution in [0.25, 0.3) is 0 Å². The molecule has 0 radical (unpaired) electrons. The Morgan fingerprint density at radius 1 is 0.391 bits per heavy atom. The second-order valence-electron chi connectivity index (χ2n) is 14.6. The fraction of sp³-hybridized carbons (Fsp3) is 0.333. The highest BCUT2D eigenvalue weighted by Crippen LogP contribution is 2.29. The minimum Gasteiger partial charge on any atom is -0.396 e. The second kappa shape index (κ2) is 29.2. The highest BCUT2D eigenvalue weighted by atomic mass is 35.5. The molecule has 0 saturated heterocycles. The number of halogens is 10. The molecule has 14 nitrogen and oxygen atoms in total. The molecule has 0 bridgehead atoms. The maximum atomic E-state index is 8.97. The molecule has 370 valence electrons. The van der Waals surface area contributed by atoms with Crippen LogP contribution in [0.4, 0.5) is 0 Å². The highest BCUT2D eigenvalue weighted by molar-refractivity contribution is 6.34. The van der Waals surface area contributed by atoms with Gasteiger partial charge < -0.3 is 39.4 Å². The van der Waals surface area contributed by atoms with Gasteiger partial charge in [-0.15, -0.1) is 0 Å². The van der Waals surface area contributed by atoms with Crippen LogP contribution < -0.4 is 0 Å². The molecule has 4 N–H and O–H groups in total. The van der Waals surface area contributed by atoms with Gasteiger partial charge in [0.2, 0.25) is 0 Å². The molecule has 69 heavy (non-hydrogen) atoms. The van der Waals surface area contributed by atoms with E-state index in [0.29, 0.717) is 93.7 Å². The topological polar surface area (TPSA) is 195 Å². The highest BCUT2D eigenvalue weighted by Gasteiger charge is 2.17. The molecule has 10 heterocycles. The summed E-state index contributed by atoms with van der Waals surface area (Å²) in [6.07, 6.45) is 5.80. The van der Waals surface area contributed by atoms with Gasteiger partial charge in [0.1, 0.15) is 51.5 Å². The van der Waals surface area contributed by atoms with E-state index in [9.17, 15) is 0 Å². The third kappa shape index (κ3) is 17.6. The lowest BCUT2D eigenvalue weighted by Crippen LogP contribution is -2.11. The minimum atomic E-state index is -0.251. The van der Waals surface area contributed by atoms with E-state index < -0.39 is 0 Å². The molecule has 0 unspecified atom stereocenters. The van der Waals surface area contributed by atoms with E-state index in [1.807, 2.05) is 18.2 Å². The van der Waals surface area contributed by atoms with Crippen LogP contribution in [0.5, 0.6) is 0 Å². The smallest absolute Gasteiger partial charge is 0.136 e.